The Kier molecular flexibility index (Phi) is 10.5. The number of pyridine rings is 1. The highest BCUT2D eigenvalue weighted by Crippen LogP contribution is 2.23. The van der Waals surface area contributed by atoms with Gasteiger partial charge in [-0.1, -0.05) is 5.16 Å². The number of rotatable bonds is 15. The van der Waals surface area contributed by atoms with E-state index < -0.39 is 68.7 Å². The lowest BCUT2D eigenvalue weighted by Gasteiger charge is -2.42. The van der Waals surface area contributed by atoms with Crippen molar-refractivity contribution in [3.8, 4) is 5.75 Å². The second-order valence-electron chi connectivity index (χ2n) is 9.64. The van der Waals surface area contributed by atoms with Gasteiger partial charge in [0.25, 0.3) is 11.8 Å². The van der Waals surface area contributed by atoms with Crippen LogP contribution in [0.5, 0.6) is 5.75 Å². The van der Waals surface area contributed by atoms with Crippen molar-refractivity contribution in [1.82, 2.24) is 19.3 Å². The van der Waals surface area contributed by atoms with E-state index in [1.54, 1.807) is 0 Å². The maximum atomic E-state index is 13.1. The summed E-state index contributed by atoms with van der Waals surface area (Å²) in [6, 6.07) is -3.22. The number of anilines is 1. The highest BCUT2D eigenvalue weighted by Gasteiger charge is 2.53. The summed E-state index contributed by atoms with van der Waals surface area (Å²) in [5.41, 5.74) is 9.52. The van der Waals surface area contributed by atoms with Gasteiger partial charge >= 0.3 is 16.3 Å². The van der Waals surface area contributed by atoms with E-state index in [2.05, 4.69) is 25.6 Å². The molecule has 0 saturated carbocycles. The second kappa shape index (κ2) is 13.7. The summed E-state index contributed by atoms with van der Waals surface area (Å²) >= 11 is 0.909. The van der Waals surface area contributed by atoms with Crippen molar-refractivity contribution in [3.63, 3.8) is 0 Å². The molecule has 3 atom stereocenters. The zero-order valence-electron chi connectivity index (χ0n) is 23.3. The molecule has 3 rings (SSSR count). The summed E-state index contributed by atoms with van der Waals surface area (Å²) in [5.74, 6) is -4.50. The molecule has 2 aromatic heterocycles. The van der Waals surface area contributed by atoms with Crippen molar-refractivity contribution in [3.05, 3.63) is 39.3 Å². The predicted molar refractivity (Wildman–Crippen MR) is 151 cm³/mol. The number of aliphatic carboxylic acids is 1. The van der Waals surface area contributed by atoms with E-state index in [1.807, 2.05) is 0 Å². The molecule has 8 N–H and O–H groups in total. The maximum Gasteiger partial charge on any atom is 0.362 e. The fourth-order valence-electron chi connectivity index (χ4n) is 3.44. The lowest BCUT2D eigenvalue weighted by Crippen LogP contribution is -2.73. The van der Waals surface area contributed by atoms with E-state index >= 15 is 0 Å². The van der Waals surface area contributed by atoms with Gasteiger partial charge < -0.3 is 36.0 Å². The molecular weight excluding hydrogens is 646 g/mol. The Balaban J connectivity index is 1.74. The summed E-state index contributed by atoms with van der Waals surface area (Å²) in [6.45, 7) is 1.39. The fraction of sp³-hybridized carbons (Fsp3) is 0.409. The summed E-state index contributed by atoms with van der Waals surface area (Å²) in [4.78, 5) is 61.6. The smallest absolute Gasteiger partial charge is 0.362 e. The average Bonchev–Trinajstić information content (AvgIpc) is 3.37. The van der Waals surface area contributed by atoms with E-state index in [1.165, 1.54) is 5.38 Å². The third-order valence-electron chi connectivity index (χ3n) is 5.90. The van der Waals surface area contributed by atoms with Crippen LogP contribution < -0.4 is 16.5 Å². The Morgan fingerprint density at radius 2 is 2.04 bits per heavy atom. The number of nitrogen functional groups attached to an aromatic ring is 1. The molecule has 3 heterocycles. The molecule has 2 aromatic rings. The minimum Gasteiger partial charge on any atom is -0.503 e. The number of hydrogen-bond donors (Lipinski definition) is 7. The number of carbonyl (C=O) groups excluding carboxylic acids is 2. The molecule has 23 heteroatoms. The molecule has 21 nitrogen and oxygen atoms in total. The van der Waals surface area contributed by atoms with Crippen LogP contribution in [0, 0.1) is 5.53 Å². The van der Waals surface area contributed by atoms with Crippen LogP contribution in [-0.4, -0.2) is 109 Å². The highest BCUT2D eigenvalue weighted by molar-refractivity contribution is 7.84. The maximum absolute atomic E-state index is 13.1. The molecule has 0 aliphatic carbocycles. The molecule has 0 aromatic carbocycles. The molecule has 1 aliphatic rings. The lowest BCUT2D eigenvalue weighted by atomic mass is 9.99. The molecule has 1 aliphatic heterocycles. The first-order valence-electron chi connectivity index (χ1n) is 12.4. The van der Waals surface area contributed by atoms with Gasteiger partial charge in [-0.2, -0.15) is 18.3 Å². The van der Waals surface area contributed by atoms with Crippen LogP contribution in [-0.2, 0) is 40.9 Å². The molecule has 45 heavy (non-hydrogen) atoms. The van der Waals surface area contributed by atoms with Crippen LogP contribution in [0.3, 0.4) is 0 Å². The molecule has 0 radical (unpaired) electrons. The third-order valence-corrected chi connectivity index (χ3v) is 7.49. The van der Waals surface area contributed by atoms with Gasteiger partial charge in [-0.3, -0.25) is 23.9 Å². The summed E-state index contributed by atoms with van der Waals surface area (Å²) in [6.07, 6.45) is 1.67. The van der Waals surface area contributed by atoms with Crippen molar-refractivity contribution in [1.29, 1.82) is 5.53 Å². The highest BCUT2D eigenvalue weighted by atomic mass is 32.2. The normalized spacial score (nSPS) is 18.0. The number of oxime groups is 1. The summed E-state index contributed by atoms with van der Waals surface area (Å²) in [7, 11) is -5.11. The number of carboxylic acid groups (broad SMARTS) is 1. The van der Waals surface area contributed by atoms with E-state index in [9.17, 15) is 47.6 Å². The number of aromatic hydroxyl groups is 1. The largest absolute Gasteiger partial charge is 0.503 e. The number of aliphatic imine (C=N–C) groups is 1. The van der Waals surface area contributed by atoms with Crippen molar-refractivity contribution in [2.24, 2.45) is 15.3 Å². The third kappa shape index (κ3) is 8.34. The SMILES string of the molecule is CC(C)(ON=C(C(=O)NC1C(=O)N(S(=O)(=O)O)C1C=NCC(COCc1cc(=O)c(O)cn1O)N=N)c1csc(N)n1)C(=O)O. The Morgan fingerprint density at radius 1 is 1.36 bits per heavy atom. The van der Waals surface area contributed by atoms with E-state index in [4.69, 9.17) is 20.8 Å². The number of nitrogens with one attached hydrogen (secondary N) is 2. The van der Waals surface area contributed by atoms with Crippen molar-refractivity contribution in [2.45, 2.75) is 44.2 Å². The first-order chi connectivity index (χ1) is 21.0. The quantitative estimate of drug-likeness (QED) is 0.0286. The van der Waals surface area contributed by atoms with Crippen LogP contribution in [0.4, 0.5) is 5.13 Å². The number of thiazole rings is 1. The first-order valence-corrected chi connectivity index (χ1v) is 14.6. The number of carbonyl (C=O) groups is 3. The number of nitrogens with two attached hydrogens (primary N) is 1. The van der Waals surface area contributed by atoms with Gasteiger partial charge in [0, 0.05) is 17.7 Å². The molecule has 244 valence electrons. The van der Waals surface area contributed by atoms with Crippen LogP contribution >= 0.6 is 11.3 Å². The standard InChI is InChI=1S/C22H27N9O12S2/c1-22(2,20(36)37)43-29-16(12-9-44-21(23)26-12)18(34)27-17-13(31(19(17)35)45(39,40)41)5-25-4-10(28-24)7-42-8-11-3-14(32)15(33)6-30(11)38/h3,5-6,9-10,13,17,24,33,38H,4,7-8H2,1-2H3,(H2,23,26)(H,27,34)(H,36,37)(H,39,40,41). The van der Waals surface area contributed by atoms with Gasteiger partial charge in [0.2, 0.25) is 11.0 Å². The fourth-order valence-corrected chi connectivity index (χ4v) is 4.81. The zero-order chi connectivity index (χ0) is 33.7. The van der Waals surface area contributed by atoms with Gasteiger partial charge in [0.1, 0.15) is 23.8 Å². The summed E-state index contributed by atoms with van der Waals surface area (Å²) < 4.78 is 39.0. The molecule has 2 amide bonds. The van der Waals surface area contributed by atoms with Crippen LogP contribution in [0.1, 0.15) is 25.2 Å². The monoisotopic (exact) mass is 673 g/mol. The lowest BCUT2D eigenvalue weighted by molar-refractivity contribution is -0.161. The van der Waals surface area contributed by atoms with Gasteiger partial charge in [0.05, 0.1) is 31.6 Å². The first kappa shape index (κ1) is 34.5. The molecule has 1 saturated heterocycles. The number of carboxylic acids is 1. The Hall–Kier alpha value is -5.00. The molecule has 0 bridgehead atoms. The van der Waals surface area contributed by atoms with Gasteiger partial charge in [-0.25, -0.2) is 19.6 Å². The van der Waals surface area contributed by atoms with Gasteiger partial charge in [0.15, 0.2) is 16.6 Å². The number of amides is 2. The molecule has 1 fully saturated rings. The van der Waals surface area contributed by atoms with Gasteiger partial charge in [-0.05, 0) is 13.8 Å². The number of hydrogen-bond acceptors (Lipinski definition) is 17. The number of β-lactam (4-membered cyclic amide) rings is 1. The van der Waals surface area contributed by atoms with E-state index in [0.29, 0.717) is 4.73 Å². The average molecular weight is 674 g/mol. The second-order valence-corrected chi connectivity index (χ2v) is 11.8. The number of aromatic nitrogens is 2. The molecule has 0 spiro atoms. The predicted octanol–water partition coefficient (Wildman–Crippen LogP) is -1.40. The number of nitrogens with zero attached hydrogens (tertiary/aromatic N) is 6. The zero-order valence-corrected chi connectivity index (χ0v) is 24.9. The molecule has 3 unspecified atom stereocenters. The Bertz CT molecular complexity index is 1700. The van der Waals surface area contributed by atoms with Crippen molar-refractivity contribution < 1.29 is 52.3 Å². The molecular formula is C22H27N9O12S2. The van der Waals surface area contributed by atoms with E-state index in [-0.39, 0.29) is 40.6 Å². The number of ether oxygens (including phenoxy) is 1. The van der Waals surface area contributed by atoms with Crippen molar-refractivity contribution in [2.75, 3.05) is 18.9 Å². The van der Waals surface area contributed by atoms with Gasteiger partial charge in [-0.15, -0.1) is 11.3 Å². The minimum atomic E-state index is -5.11. The van der Waals surface area contributed by atoms with Crippen LogP contribution in [0.15, 0.2) is 37.7 Å². The summed E-state index contributed by atoms with van der Waals surface area (Å²) in [5, 5.41) is 38.8. The Labute approximate surface area is 256 Å². The Morgan fingerprint density at radius 3 is 2.62 bits per heavy atom. The topological polar surface area (TPSA) is 322 Å². The van der Waals surface area contributed by atoms with Crippen molar-refractivity contribution >= 4 is 56.5 Å². The minimum absolute atomic E-state index is 0.0115. The van der Waals surface area contributed by atoms with E-state index in [0.717, 1.165) is 43.7 Å². The van der Waals surface area contributed by atoms with Crippen LogP contribution in [0.2, 0.25) is 0 Å². The van der Waals surface area contributed by atoms with Crippen LogP contribution in [0.25, 0.3) is 0 Å².